The van der Waals surface area contributed by atoms with E-state index in [2.05, 4.69) is 11.6 Å². The van der Waals surface area contributed by atoms with Gasteiger partial charge in [-0.3, -0.25) is 9.36 Å². The summed E-state index contributed by atoms with van der Waals surface area (Å²) in [7, 11) is 4.58. The monoisotopic (exact) mass is 594 g/mol. The van der Waals surface area contributed by atoms with Gasteiger partial charge in [0.05, 0.1) is 56.4 Å². The van der Waals surface area contributed by atoms with Gasteiger partial charge in [0.2, 0.25) is 5.75 Å². The zero-order chi connectivity index (χ0) is 30.4. The maximum absolute atomic E-state index is 14.0. The number of ether oxygens (including phenoxy) is 6. The number of hydrogen-bond donors (Lipinski definition) is 0. The molecule has 0 spiro atoms. The molecule has 0 fully saturated rings. The van der Waals surface area contributed by atoms with E-state index < -0.39 is 12.0 Å². The van der Waals surface area contributed by atoms with Crippen LogP contribution in [-0.2, 0) is 9.53 Å². The highest BCUT2D eigenvalue weighted by Gasteiger charge is 2.34. The minimum Gasteiger partial charge on any atom is -0.493 e. The van der Waals surface area contributed by atoms with Gasteiger partial charge in [0.25, 0.3) is 5.56 Å². The molecule has 2 aromatic carbocycles. The number of fused-ring (bicyclic) bond motifs is 1. The van der Waals surface area contributed by atoms with Gasteiger partial charge in [-0.15, -0.1) is 0 Å². The predicted octanol–water partition coefficient (Wildman–Crippen LogP) is 3.79. The molecule has 0 saturated heterocycles. The van der Waals surface area contributed by atoms with Crippen LogP contribution in [-0.4, -0.2) is 51.7 Å². The SMILES string of the molecule is C=CCOc1ccc([C@H]2C(C(=O)OCC)=C(C)N=c3s/c(=C/c4cc(OC)c(OC)c(OC)c4)c(=O)n32)cc1OCC. The van der Waals surface area contributed by atoms with Crippen molar-refractivity contribution in [1.82, 2.24) is 4.57 Å². The second-order valence-corrected chi connectivity index (χ2v) is 10.0. The number of carbonyl (C=O) groups excluding carboxylic acids is 1. The molecule has 42 heavy (non-hydrogen) atoms. The van der Waals surface area contributed by atoms with E-state index in [1.807, 2.05) is 6.92 Å². The number of thiazole rings is 1. The number of aromatic nitrogens is 1. The summed E-state index contributed by atoms with van der Waals surface area (Å²) in [6.45, 7) is 9.89. The van der Waals surface area contributed by atoms with Crippen LogP contribution >= 0.6 is 11.3 Å². The van der Waals surface area contributed by atoms with Crippen molar-refractivity contribution in [2.45, 2.75) is 26.8 Å². The number of nitrogens with zero attached hydrogens (tertiary/aromatic N) is 2. The Morgan fingerprint density at radius 3 is 2.31 bits per heavy atom. The number of esters is 1. The summed E-state index contributed by atoms with van der Waals surface area (Å²) in [6.07, 6.45) is 3.37. The van der Waals surface area contributed by atoms with E-state index in [4.69, 9.17) is 28.4 Å². The summed E-state index contributed by atoms with van der Waals surface area (Å²) in [4.78, 5) is 32.4. The number of allylic oxidation sites excluding steroid dienone is 1. The zero-order valence-electron chi connectivity index (χ0n) is 24.5. The lowest BCUT2D eigenvalue weighted by Crippen LogP contribution is -2.40. The van der Waals surface area contributed by atoms with Crippen molar-refractivity contribution in [2.75, 3.05) is 41.2 Å². The normalized spacial score (nSPS) is 14.5. The largest absolute Gasteiger partial charge is 0.493 e. The molecule has 0 amide bonds. The second-order valence-electron chi connectivity index (χ2n) is 9.00. The fourth-order valence-corrected chi connectivity index (χ4v) is 5.72. The van der Waals surface area contributed by atoms with Gasteiger partial charge < -0.3 is 28.4 Å². The molecule has 1 atom stereocenters. The van der Waals surface area contributed by atoms with Crippen LogP contribution in [0.5, 0.6) is 28.7 Å². The summed E-state index contributed by atoms with van der Waals surface area (Å²) in [5.74, 6) is 1.81. The van der Waals surface area contributed by atoms with Crippen molar-refractivity contribution < 1.29 is 33.2 Å². The van der Waals surface area contributed by atoms with E-state index in [0.29, 0.717) is 68.1 Å². The highest BCUT2D eigenvalue weighted by Crippen LogP contribution is 2.39. The average molecular weight is 595 g/mol. The Balaban J connectivity index is 1.95. The van der Waals surface area contributed by atoms with Gasteiger partial charge in [-0.1, -0.05) is 30.1 Å². The molecule has 4 rings (SSSR count). The molecule has 222 valence electrons. The molecule has 0 saturated carbocycles. The third-order valence-electron chi connectivity index (χ3n) is 6.44. The Hall–Kier alpha value is -4.51. The fourth-order valence-electron chi connectivity index (χ4n) is 4.67. The van der Waals surface area contributed by atoms with Crippen molar-refractivity contribution in [2.24, 2.45) is 4.99 Å². The molecule has 0 unspecified atom stereocenters. The highest BCUT2D eigenvalue weighted by atomic mass is 32.1. The number of benzene rings is 2. The molecule has 11 heteroatoms. The van der Waals surface area contributed by atoms with Crippen LogP contribution in [0, 0.1) is 0 Å². The molecule has 2 heterocycles. The van der Waals surface area contributed by atoms with Crippen LogP contribution < -0.4 is 38.6 Å². The van der Waals surface area contributed by atoms with Gasteiger partial charge in [0, 0.05) is 0 Å². The zero-order valence-corrected chi connectivity index (χ0v) is 25.3. The van der Waals surface area contributed by atoms with Gasteiger partial charge in [-0.25, -0.2) is 9.79 Å². The first-order valence-corrected chi connectivity index (χ1v) is 14.1. The maximum atomic E-state index is 14.0. The van der Waals surface area contributed by atoms with Gasteiger partial charge in [-0.05, 0) is 62.2 Å². The van der Waals surface area contributed by atoms with Crippen LogP contribution in [0.1, 0.15) is 37.9 Å². The average Bonchev–Trinajstić information content (AvgIpc) is 3.29. The van der Waals surface area contributed by atoms with Gasteiger partial charge in [-0.2, -0.15) is 0 Å². The Morgan fingerprint density at radius 1 is 1.00 bits per heavy atom. The Labute approximate surface area is 247 Å². The second kappa shape index (κ2) is 13.4. The summed E-state index contributed by atoms with van der Waals surface area (Å²) < 4.78 is 35.3. The fraction of sp³-hybridized carbons (Fsp3) is 0.323. The van der Waals surface area contributed by atoms with Crippen LogP contribution in [0.4, 0.5) is 0 Å². The maximum Gasteiger partial charge on any atom is 0.338 e. The van der Waals surface area contributed by atoms with E-state index in [1.165, 1.54) is 37.2 Å². The summed E-state index contributed by atoms with van der Waals surface area (Å²) >= 11 is 1.21. The number of hydrogen-bond acceptors (Lipinski definition) is 10. The molecule has 0 N–H and O–H groups in total. The van der Waals surface area contributed by atoms with Crippen molar-refractivity contribution in [3.05, 3.63) is 85.1 Å². The van der Waals surface area contributed by atoms with Crippen LogP contribution in [0.25, 0.3) is 6.08 Å². The first-order valence-electron chi connectivity index (χ1n) is 13.3. The molecule has 1 aromatic heterocycles. The van der Waals surface area contributed by atoms with Gasteiger partial charge in [0.15, 0.2) is 27.8 Å². The Bertz CT molecular complexity index is 1680. The third-order valence-corrected chi connectivity index (χ3v) is 7.42. The van der Waals surface area contributed by atoms with E-state index in [9.17, 15) is 9.59 Å². The predicted molar refractivity (Wildman–Crippen MR) is 160 cm³/mol. The number of methoxy groups -OCH3 is 3. The summed E-state index contributed by atoms with van der Waals surface area (Å²) in [5, 5.41) is 0. The number of carbonyl (C=O) groups is 1. The van der Waals surface area contributed by atoms with E-state index in [-0.39, 0.29) is 17.7 Å². The third kappa shape index (κ3) is 5.91. The van der Waals surface area contributed by atoms with Crippen molar-refractivity contribution in [1.29, 1.82) is 0 Å². The molecule has 1 aliphatic heterocycles. The van der Waals surface area contributed by atoms with Crippen LogP contribution in [0.15, 0.2) is 64.0 Å². The lowest BCUT2D eigenvalue weighted by atomic mass is 9.95. The lowest BCUT2D eigenvalue weighted by molar-refractivity contribution is -0.139. The minimum absolute atomic E-state index is 0.173. The standard InChI is InChI=1S/C31H34N2O8S/c1-8-13-41-21-12-11-20(17-22(21)39-9-2)27-26(30(35)40-10-3)18(4)32-31-33(27)29(34)25(42-31)16-19-14-23(36-5)28(38-7)24(15-19)37-6/h8,11-12,14-17,27H,1,9-10,13H2,2-7H3/b25-16+/t27-/m0/s1. The molecular formula is C31H34N2O8S. The van der Waals surface area contributed by atoms with E-state index >= 15 is 0 Å². The molecule has 0 bridgehead atoms. The molecule has 1 aliphatic rings. The van der Waals surface area contributed by atoms with Crippen molar-refractivity contribution in [3.8, 4) is 28.7 Å². The quantitative estimate of drug-likeness (QED) is 0.230. The smallest absolute Gasteiger partial charge is 0.338 e. The first kappa shape index (κ1) is 30.4. The Kier molecular flexibility index (Phi) is 9.74. The molecule has 3 aromatic rings. The molecule has 0 aliphatic carbocycles. The highest BCUT2D eigenvalue weighted by molar-refractivity contribution is 7.07. The van der Waals surface area contributed by atoms with Gasteiger partial charge in [0.1, 0.15) is 6.61 Å². The molecule has 10 nitrogen and oxygen atoms in total. The molecule has 0 radical (unpaired) electrons. The Morgan fingerprint density at radius 2 is 1.71 bits per heavy atom. The molecular weight excluding hydrogens is 560 g/mol. The van der Waals surface area contributed by atoms with Crippen LogP contribution in [0.3, 0.4) is 0 Å². The topological polar surface area (TPSA) is 107 Å². The van der Waals surface area contributed by atoms with Gasteiger partial charge >= 0.3 is 5.97 Å². The van der Waals surface area contributed by atoms with Crippen LogP contribution in [0.2, 0.25) is 0 Å². The summed E-state index contributed by atoms with van der Waals surface area (Å²) in [6, 6.07) is 8.04. The lowest BCUT2D eigenvalue weighted by Gasteiger charge is -2.25. The number of rotatable bonds is 12. The minimum atomic E-state index is -0.810. The first-order chi connectivity index (χ1) is 20.3. The van der Waals surface area contributed by atoms with Crippen molar-refractivity contribution >= 4 is 23.4 Å². The van der Waals surface area contributed by atoms with E-state index in [0.717, 1.165) is 0 Å². The van der Waals surface area contributed by atoms with Crippen molar-refractivity contribution in [3.63, 3.8) is 0 Å². The summed E-state index contributed by atoms with van der Waals surface area (Å²) in [5.41, 5.74) is 1.71. The van der Waals surface area contributed by atoms with E-state index in [1.54, 1.807) is 56.3 Å².